The monoisotopic (exact) mass is 196 g/mol. The molecule has 0 saturated carbocycles. The second-order valence-corrected chi connectivity index (χ2v) is 3.23. The molecule has 0 saturated heterocycles. The van der Waals surface area contributed by atoms with Crippen LogP contribution in [0.5, 0.6) is 0 Å². The molecule has 24 valence electrons. The third kappa shape index (κ3) is 20.8. The zero-order valence-corrected chi connectivity index (χ0v) is 9.03. The van der Waals surface area contributed by atoms with Crippen molar-refractivity contribution in [3.63, 3.8) is 0 Å². The predicted octanol–water partition coefficient (Wildman–Crippen LogP) is -3.62. The van der Waals surface area contributed by atoms with Crippen LogP contribution in [0.15, 0.2) is 0 Å². The van der Waals surface area contributed by atoms with Gasteiger partial charge in [-0.1, -0.05) is 0 Å². The molecule has 0 aromatic rings. The van der Waals surface area contributed by atoms with Gasteiger partial charge in [0.25, 0.3) is 0 Å². The van der Waals surface area contributed by atoms with Crippen molar-refractivity contribution in [2.24, 2.45) is 0 Å². The van der Waals surface area contributed by atoms with Gasteiger partial charge in [0.15, 0.2) is 0 Å². The van der Waals surface area contributed by atoms with Crippen LogP contribution in [0.3, 0.4) is 0 Å². The Labute approximate surface area is 84.6 Å². The Morgan fingerprint density at radius 3 is 1.80 bits per heavy atom. The normalized spacial score (nSPS) is 5.20. The fourth-order valence-corrected chi connectivity index (χ4v) is 0. The van der Waals surface area contributed by atoms with Gasteiger partial charge in [-0.15, -0.1) is 0 Å². The third-order valence-corrected chi connectivity index (χ3v) is 0. The van der Waals surface area contributed by atoms with E-state index in [1.54, 1.807) is 0 Å². The zero-order valence-electron chi connectivity index (χ0n) is 2.69. The van der Waals surface area contributed by atoms with Crippen molar-refractivity contribution in [1.29, 1.82) is 0 Å². The van der Waals surface area contributed by atoms with E-state index in [1.807, 2.05) is 0 Å². The summed E-state index contributed by atoms with van der Waals surface area (Å²) in [6, 6.07) is 0. The van der Waals surface area contributed by atoms with E-state index in [2.05, 4.69) is 8.51 Å². The number of hydrogen-bond acceptors (Lipinski definition) is 2. The Balaban J connectivity index is 0. The molecule has 0 radical (unpaired) electrons. The average molecular weight is 198 g/mol. The minimum absolute atomic E-state index is 0. The van der Waals surface area contributed by atoms with Crippen molar-refractivity contribution in [3.05, 3.63) is 0 Å². The van der Waals surface area contributed by atoms with Gasteiger partial charge in [-0.2, -0.15) is 0 Å². The van der Waals surface area contributed by atoms with Crippen LogP contribution >= 0.6 is 8.51 Å². The molecule has 0 aromatic heterocycles. The van der Waals surface area contributed by atoms with Crippen LogP contribution in [0, 0.1) is 0 Å². The first-order chi connectivity index (χ1) is 1.73. The molecule has 0 spiro atoms. The third-order valence-electron chi connectivity index (χ3n) is 0. The van der Waals surface area contributed by atoms with E-state index in [4.69, 9.17) is 6.00 Å². The van der Waals surface area contributed by atoms with Gasteiger partial charge in [0.05, 0.1) is 0 Å². The van der Waals surface area contributed by atoms with Crippen molar-refractivity contribution in [2.45, 2.75) is 0 Å². The summed E-state index contributed by atoms with van der Waals surface area (Å²) in [6.07, 6.45) is 0. The van der Waals surface area contributed by atoms with E-state index in [1.165, 1.54) is 0 Å². The van der Waals surface area contributed by atoms with Gasteiger partial charge in [0.1, 0.15) is 0 Å². The summed E-state index contributed by atoms with van der Waals surface area (Å²) in [4.78, 5) is 0. The van der Waals surface area contributed by atoms with Crippen molar-refractivity contribution in [3.8, 4) is 0 Å². The van der Waals surface area contributed by atoms with E-state index in [9.17, 15) is 0 Å². The number of rotatable bonds is 0. The van der Waals surface area contributed by atoms with Crippen molar-refractivity contribution < 1.29 is 78.4 Å². The quantitative estimate of drug-likeness (QED) is 0.377. The van der Waals surface area contributed by atoms with Crippen molar-refractivity contribution >= 4 is 8.51 Å². The summed E-state index contributed by atoms with van der Waals surface area (Å²) in [5, 5.41) is 0. The SMILES string of the molecule is [K+].[O]=[Zr]([O-])[Cl]. The maximum absolute atomic E-state index is 8.93. The molecule has 0 unspecified atom stereocenters. The molecule has 0 N–H and O–H groups in total. The Bertz CT molecular complexity index is 32.6. The topological polar surface area (TPSA) is 40.1 Å². The second kappa shape index (κ2) is 6.57. The molecule has 0 aliphatic heterocycles. The Kier molecular flexibility index (Phi) is 13.8. The van der Waals surface area contributed by atoms with Crippen LogP contribution in [-0.2, 0) is 23.8 Å². The van der Waals surface area contributed by atoms with E-state index in [0.29, 0.717) is 0 Å². The molecule has 0 heterocycles. The molecule has 0 aliphatic rings. The average Bonchev–Trinajstić information content (AvgIpc) is 0.811. The Hall–Kier alpha value is 2.57. The molecule has 0 aromatic carbocycles. The molecule has 0 atom stereocenters. The van der Waals surface area contributed by atoms with Gasteiger partial charge in [0, 0.05) is 0 Å². The summed E-state index contributed by atoms with van der Waals surface area (Å²) >= 11 is -3.57. The van der Waals surface area contributed by atoms with Crippen LogP contribution in [-0.4, -0.2) is 0 Å². The van der Waals surface area contributed by atoms with Crippen LogP contribution in [0.1, 0.15) is 0 Å². The molecule has 5 heteroatoms. The first-order valence-corrected chi connectivity index (χ1v) is 5.77. The molecule has 0 bridgehead atoms. The molecule has 0 rings (SSSR count). The van der Waals surface area contributed by atoms with E-state index >= 15 is 0 Å². The summed E-state index contributed by atoms with van der Waals surface area (Å²) in [7, 11) is 4.36. The predicted molar refractivity (Wildman–Crippen MR) is 6.54 cm³/mol. The molecular weight excluding hydrogens is 198 g/mol. The Morgan fingerprint density at radius 1 is 1.80 bits per heavy atom. The molecule has 0 aliphatic carbocycles. The van der Waals surface area contributed by atoms with Crippen molar-refractivity contribution in [2.75, 3.05) is 0 Å². The van der Waals surface area contributed by atoms with E-state index < -0.39 is 21.0 Å². The van der Waals surface area contributed by atoms with Crippen LogP contribution in [0.4, 0.5) is 0 Å². The summed E-state index contributed by atoms with van der Waals surface area (Å²) in [5.41, 5.74) is 0. The minimum atomic E-state index is -3.57. The fraction of sp³-hybridized carbons (Fsp3) is 0. The standard InChI is InChI=1S/ClH.K.2O.Zr/h1H;;;;/q;+1;;-1;+1/p-1. The molecule has 5 heavy (non-hydrogen) atoms. The van der Waals surface area contributed by atoms with Crippen LogP contribution < -0.4 is 54.6 Å². The summed E-state index contributed by atoms with van der Waals surface area (Å²) in [5.74, 6) is 0. The first kappa shape index (κ1) is 10.5. The molecule has 2 nitrogen and oxygen atoms in total. The van der Waals surface area contributed by atoms with Crippen LogP contribution in [0.2, 0.25) is 0 Å². The fourth-order valence-electron chi connectivity index (χ4n) is 0. The van der Waals surface area contributed by atoms with Crippen LogP contribution in [0.25, 0.3) is 0 Å². The molecule has 0 fully saturated rings. The van der Waals surface area contributed by atoms with Gasteiger partial charge < -0.3 is 0 Å². The summed E-state index contributed by atoms with van der Waals surface area (Å²) in [6.45, 7) is 0. The molecule has 0 amide bonds. The van der Waals surface area contributed by atoms with Gasteiger partial charge >= 0.3 is 86.9 Å². The van der Waals surface area contributed by atoms with E-state index in [-0.39, 0.29) is 51.4 Å². The summed E-state index contributed by atoms with van der Waals surface area (Å²) < 4.78 is 17.9. The zero-order chi connectivity index (χ0) is 3.58. The Morgan fingerprint density at radius 2 is 1.80 bits per heavy atom. The first-order valence-electron chi connectivity index (χ1n) is 0.597. The van der Waals surface area contributed by atoms with Gasteiger partial charge in [-0.3, -0.25) is 0 Å². The molecular formula is ClKO2Zr. The maximum atomic E-state index is 8.93. The van der Waals surface area contributed by atoms with Gasteiger partial charge in [-0.05, 0) is 0 Å². The van der Waals surface area contributed by atoms with Gasteiger partial charge in [-0.25, -0.2) is 0 Å². The number of halogens is 1. The van der Waals surface area contributed by atoms with Gasteiger partial charge in [0.2, 0.25) is 0 Å². The second-order valence-electron chi connectivity index (χ2n) is 0.238. The van der Waals surface area contributed by atoms with Crippen molar-refractivity contribution in [1.82, 2.24) is 0 Å². The number of hydrogen-bond donors (Lipinski definition) is 0. The van der Waals surface area contributed by atoms with E-state index in [0.717, 1.165) is 0 Å².